The molecule has 3 rings (SSSR count). The highest BCUT2D eigenvalue weighted by molar-refractivity contribution is 5.96. The lowest BCUT2D eigenvalue weighted by Crippen LogP contribution is -2.40. The van der Waals surface area contributed by atoms with Crippen molar-refractivity contribution in [3.05, 3.63) is 59.7 Å². The fourth-order valence-electron chi connectivity index (χ4n) is 3.63. The van der Waals surface area contributed by atoms with Gasteiger partial charge in [0.2, 0.25) is 0 Å². The van der Waals surface area contributed by atoms with Crippen LogP contribution < -0.4 is 14.8 Å². The van der Waals surface area contributed by atoms with Gasteiger partial charge in [-0.25, -0.2) is 0 Å². The van der Waals surface area contributed by atoms with Crippen molar-refractivity contribution in [2.75, 3.05) is 33.9 Å². The molecule has 1 heterocycles. The number of rotatable bonds is 7. The summed E-state index contributed by atoms with van der Waals surface area (Å²) >= 11 is 0. The maximum absolute atomic E-state index is 12.7. The third kappa shape index (κ3) is 4.80. The Hall–Kier alpha value is -2.53. The van der Waals surface area contributed by atoms with Crippen LogP contribution in [0.4, 0.5) is 0 Å². The second-order valence-corrected chi connectivity index (χ2v) is 6.80. The van der Waals surface area contributed by atoms with Crippen LogP contribution in [0.5, 0.6) is 11.5 Å². The zero-order valence-corrected chi connectivity index (χ0v) is 16.1. The first-order valence-corrected chi connectivity index (χ1v) is 9.52. The topological polar surface area (TPSA) is 50.8 Å². The van der Waals surface area contributed by atoms with Crippen molar-refractivity contribution >= 4 is 5.91 Å². The molecule has 0 spiro atoms. The van der Waals surface area contributed by atoms with Gasteiger partial charge in [-0.1, -0.05) is 30.7 Å². The van der Waals surface area contributed by atoms with E-state index in [4.69, 9.17) is 9.47 Å². The number of hydrogen-bond acceptors (Lipinski definition) is 4. The normalized spacial score (nSPS) is 15.8. The summed E-state index contributed by atoms with van der Waals surface area (Å²) in [5.41, 5.74) is 1.75. The molecule has 5 nitrogen and oxygen atoms in total. The van der Waals surface area contributed by atoms with E-state index in [1.807, 2.05) is 24.3 Å². The first-order valence-electron chi connectivity index (χ1n) is 9.52. The Kier molecular flexibility index (Phi) is 6.71. The number of hydrogen-bond donors (Lipinski definition) is 1. The van der Waals surface area contributed by atoms with Crippen molar-refractivity contribution in [2.45, 2.75) is 25.3 Å². The van der Waals surface area contributed by atoms with Crippen molar-refractivity contribution in [3.8, 4) is 11.5 Å². The molecule has 1 fully saturated rings. The van der Waals surface area contributed by atoms with Crippen LogP contribution in [-0.2, 0) is 0 Å². The third-order valence-corrected chi connectivity index (χ3v) is 5.14. The summed E-state index contributed by atoms with van der Waals surface area (Å²) in [6.07, 6.45) is 3.68. The number of methoxy groups -OCH3 is 2. The van der Waals surface area contributed by atoms with Crippen LogP contribution in [-0.4, -0.2) is 44.7 Å². The van der Waals surface area contributed by atoms with Gasteiger partial charge in [-0.15, -0.1) is 0 Å². The van der Waals surface area contributed by atoms with E-state index >= 15 is 0 Å². The molecule has 1 aliphatic rings. The lowest BCUT2D eigenvalue weighted by atomic mass is 10.0. The Morgan fingerprint density at radius 3 is 2.37 bits per heavy atom. The average molecular weight is 368 g/mol. The predicted molar refractivity (Wildman–Crippen MR) is 106 cm³/mol. The van der Waals surface area contributed by atoms with Gasteiger partial charge in [-0.2, -0.15) is 0 Å². The molecule has 2 aromatic rings. The largest absolute Gasteiger partial charge is 0.497 e. The van der Waals surface area contributed by atoms with Crippen LogP contribution in [0.2, 0.25) is 0 Å². The summed E-state index contributed by atoms with van der Waals surface area (Å²) in [5, 5.41) is 3.11. The van der Waals surface area contributed by atoms with E-state index in [-0.39, 0.29) is 11.9 Å². The van der Waals surface area contributed by atoms with E-state index in [2.05, 4.69) is 22.3 Å². The molecule has 0 saturated carbocycles. The highest BCUT2D eigenvalue weighted by Gasteiger charge is 2.23. The molecule has 5 heteroatoms. The van der Waals surface area contributed by atoms with Crippen molar-refractivity contribution in [3.63, 3.8) is 0 Å². The Balaban J connectivity index is 1.75. The SMILES string of the molecule is COc1ccc([C@H](CNC(=O)c2ccccc2OC)N2CCCCC2)cc1. The average Bonchev–Trinajstić information content (AvgIpc) is 2.75. The van der Waals surface area contributed by atoms with Gasteiger partial charge in [0, 0.05) is 6.54 Å². The van der Waals surface area contributed by atoms with E-state index in [0.29, 0.717) is 17.9 Å². The van der Waals surface area contributed by atoms with Gasteiger partial charge in [0.05, 0.1) is 25.8 Å². The molecule has 1 saturated heterocycles. The second-order valence-electron chi connectivity index (χ2n) is 6.80. The predicted octanol–water partition coefficient (Wildman–Crippen LogP) is 3.66. The zero-order chi connectivity index (χ0) is 19.1. The Morgan fingerprint density at radius 2 is 1.70 bits per heavy atom. The third-order valence-electron chi connectivity index (χ3n) is 5.14. The van der Waals surface area contributed by atoms with Gasteiger partial charge in [-0.05, 0) is 55.8 Å². The maximum atomic E-state index is 12.7. The molecule has 0 aliphatic carbocycles. The number of para-hydroxylation sites is 1. The summed E-state index contributed by atoms with van der Waals surface area (Å²) in [6, 6.07) is 15.6. The highest BCUT2D eigenvalue weighted by Crippen LogP contribution is 2.26. The Bertz CT molecular complexity index is 739. The number of carbonyl (C=O) groups is 1. The smallest absolute Gasteiger partial charge is 0.255 e. The zero-order valence-electron chi connectivity index (χ0n) is 16.1. The number of benzene rings is 2. The number of piperidine rings is 1. The molecule has 1 aliphatic heterocycles. The number of carbonyl (C=O) groups excluding carboxylic acids is 1. The van der Waals surface area contributed by atoms with E-state index in [1.54, 1.807) is 26.4 Å². The van der Waals surface area contributed by atoms with Crippen molar-refractivity contribution < 1.29 is 14.3 Å². The summed E-state index contributed by atoms with van der Waals surface area (Å²) in [4.78, 5) is 15.2. The van der Waals surface area contributed by atoms with Crippen LogP contribution in [0, 0.1) is 0 Å². The fourth-order valence-corrected chi connectivity index (χ4v) is 3.63. The molecule has 0 bridgehead atoms. The Morgan fingerprint density at radius 1 is 1.00 bits per heavy atom. The van der Waals surface area contributed by atoms with Crippen LogP contribution in [0.1, 0.15) is 41.2 Å². The minimum atomic E-state index is -0.108. The van der Waals surface area contributed by atoms with Gasteiger partial charge >= 0.3 is 0 Å². The summed E-state index contributed by atoms with van der Waals surface area (Å²) in [7, 11) is 3.25. The minimum Gasteiger partial charge on any atom is -0.497 e. The maximum Gasteiger partial charge on any atom is 0.255 e. The summed E-state index contributed by atoms with van der Waals surface area (Å²) < 4.78 is 10.6. The van der Waals surface area contributed by atoms with Crippen molar-refractivity contribution in [2.24, 2.45) is 0 Å². The molecule has 1 amide bonds. The van der Waals surface area contributed by atoms with E-state index in [1.165, 1.54) is 24.8 Å². The van der Waals surface area contributed by atoms with Crippen LogP contribution in [0.3, 0.4) is 0 Å². The highest BCUT2D eigenvalue weighted by atomic mass is 16.5. The fraction of sp³-hybridized carbons (Fsp3) is 0.409. The molecule has 2 aromatic carbocycles. The van der Waals surface area contributed by atoms with Gasteiger partial charge < -0.3 is 14.8 Å². The molecule has 0 unspecified atom stereocenters. The molecule has 0 aromatic heterocycles. The number of nitrogens with zero attached hydrogens (tertiary/aromatic N) is 1. The standard InChI is InChI=1S/C22H28N2O3/c1-26-18-12-10-17(11-13-18)20(24-14-6-3-7-15-24)16-23-22(25)19-8-4-5-9-21(19)27-2/h4-5,8-13,20H,3,6-7,14-16H2,1-2H3,(H,23,25)/t20-/m0/s1. The van der Waals surface area contributed by atoms with Gasteiger partial charge in [0.25, 0.3) is 5.91 Å². The summed E-state index contributed by atoms with van der Waals surface area (Å²) in [6.45, 7) is 2.67. The number of nitrogens with one attached hydrogen (secondary N) is 1. The van der Waals surface area contributed by atoms with Crippen molar-refractivity contribution in [1.29, 1.82) is 0 Å². The van der Waals surface area contributed by atoms with Crippen LogP contribution in [0.25, 0.3) is 0 Å². The molecule has 1 atom stereocenters. The van der Waals surface area contributed by atoms with Gasteiger partial charge in [0.15, 0.2) is 0 Å². The van der Waals surface area contributed by atoms with Crippen LogP contribution >= 0.6 is 0 Å². The number of likely N-dealkylation sites (tertiary alicyclic amines) is 1. The summed E-state index contributed by atoms with van der Waals surface area (Å²) in [5.74, 6) is 1.33. The van der Waals surface area contributed by atoms with Gasteiger partial charge in [-0.3, -0.25) is 9.69 Å². The molecule has 1 N–H and O–H groups in total. The van der Waals surface area contributed by atoms with Crippen LogP contribution in [0.15, 0.2) is 48.5 Å². The monoisotopic (exact) mass is 368 g/mol. The molecular formula is C22H28N2O3. The lowest BCUT2D eigenvalue weighted by Gasteiger charge is -2.35. The molecule has 0 radical (unpaired) electrons. The van der Waals surface area contributed by atoms with Gasteiger partial charge in [0.1, 0.15) is 11.5 Å². The Labute approximate surface area is 161 Å². The first kappa shape index (κ1) is 19.2. The quantitative estimate of drug-likeness (QED) is 0.810. The van der Waals surface area contributed by atoms with E-state index in [0.717, 1.165) is 18.8 Å². The number of amides is 1. The number of ether oxygens (including phenoxy) is 2. The molecular weight excluding hydrogens is 340 g/mol. The second kappa shape index (κ2) is 9.42. The minimum absolute atomic E-state index is 0.108. The first-order chi connectivity index (χ1) is 13.2. The molecule has 27 heavy (non-hydrogen) atoms. The lowest BCUT2D eigenvalue weighted by molar-refractivity contribution is 0.0921. The van der Waals surface area contributed by atoms with Crippen molar-refractivity contribution in [1.82, 2.24) is 10.2 Å². The molecule has 144 valence electrons. The van der Waals surface area contributed by atoms with E-state index in [9.17, 15) is 4.79 Å². The van der Waals surface area contributed by atoms with E-state index < -0.39 is 0 Å².